The summed E-state index contributed by atoms with van der Waals surface area (Å²) >= 11 is 0. The van der Waals surface area contributed by atoms with Crippen LogP contribution in [0.5, 0.6) is 0 Å². The Kier molecular flexibility index (Phi) is 7.66. The van der Waals surface area contributed by atoms with E-state index in [1.165, 1.54) is 5.57 Å². The summed E-state index contributed by atoms with van der Waals surface area (Å²) in [5.41, 5.74) is 4.77. The molecule has 7 nitrogen and oxygen atoms in total. The summed E-state index contributed by atoms with van der Waals surface area (Å²) in [5, 5.41) is 12.9. The van der Waals surface area contributed by atoms with Crippen molar-refractivity contribution in [3.05, 3.63) is 69.9 Å². The van der Waals surface area contributed by atoms with Crippen LogP contribution in [0.4, 0.5) is 0 Å². The summed E-state index contributed by atoms with van der Waals surface area (Å²) in [6, 6.07) is 4.11. The van der Waals surface area contributed by atoms with Crippen LogP contribution in [0.1, 0.15) is 31.4 Å². The van der Waals surface area contributed by atoms with Gasteiger partial charge >= 0.3 is 0 Å². The van der Waals surface area contributed by atoms with Crippen molar-refractivity contribution >= 4 is 30.1 Å². The van der Waals surface area contributed by atoms with Gasteiger partial charge in [0.15, 0.2) is 0 Å². The zero-order valence-corrected chi connectivity index (χ0v) is 21.1. The second-order valence-corrected chi connectivity index (χ2v) is 9.71. The summed E-state index contributed by atoms with van der Waals surface area (Å²) < 4.78 is 2.04. The first-order chi connectivity index (χ1) is 16.8. The molecule has 1 amide bonds. The van der Waals surface area contributed by atoms with E-state index in [1.807, 2.05) is 50.2 Å². The van der Waals surface area contributed by atoms with Gasteiger partial charge in [-0.25, -0.2) is 0 Å². The molecule has 1 fully saturated rings. The SMILES string of the molecule is C=c1cc(CN2CCC(C3=CC=C(C(=O)N(C)C)CC3)CC2)n(C)[nH]cc/c1=C1/C=CC(=N)C=N1. The van der Waals surface area contributed by atoms with Crippen molar-refractivity contribution in [2.75, 3.05) is 27.2 Å². The molecule has 3 aliphatic rings. The van der Waals surface area contributed by atoms with Gasteiger partial charge in [-0.2, -0.15) is 0 Å². The number of allylic oxidation sites excluding steroid dienone is 4. The third-order valence-corrected chi connectivity index (χ3v) is 7.04. The van der Waals surface area contributed by atoms with Gasteiger partial charge in [-0.1, -0.05) is 24.3 Å². The maximum atomic E-state index is 12.2. The lowest BCUT2D eigenvalue weighted by atomic mass is 9.83. The zero-order valence-electron chi connectivity index (χ0n) is 21.1. The van der Waals surface area contributed by atoms with Crippen LogP contribution in [0.3, 0.4) is 0 Å². The molecule has 7 heteroatoms. The average molecular weight is 473 g/mol. The van der Waals surface area contributed by atoms with Gasteiger partial charge in [-0.3, -0.25) is 24.8 Å². The van der Waals surface area contributed by atoms with Gasteiger partial charge in [0.1, 0.15) is 0 Å². The molecule has 0 saturated carbocycles. The summed E-state index contributed by atoms with van der Waals surface area (Å²) in [6.07, 6.45) is 15.5. The number of nitrogens with zero attached hydrogens (tertiary/aromatic N) is 4. The largest absolute Gasteiger partial charge is 0.345 e. The van der Waals surface area contributed by atoms with E-state index >= 15 is 0 Å². The molecule has 4 rings (SSSR count). The lowest BCUT2D eigenvalue weighted by Crippen LogP contribution is -2.35. The Bertz CT molecular complexity index is 1260. The number of hydrogen-bond donors (Lipinski definition) is 2. The van der Waals surface area contributed by atoms with Crippen LogP contribution in [-0.2, 0) is 18.4 Å². The van der Waals surface area contributed by atoms with Crippen molar-refractivity contribution in [3.63, 3.8) is 0 Å². The predicted octanol–water partition coefficient (Wildman–Crippen LogP) is 2.60. The fraction of sp³-hybridized carbons (Fsp3) is 0.393. The van der Waals surface area contributed by atoms with Gasteiger partial charge in [0.05, 0.1) is 17.6 Å². The highest BCUT2D eigenvalue weighted by molar-refractivity contribution is 6.36. The highest BCUT2D eigenvalue weighted by atomic mass is 16.2. The van der Waals surface area contributed by atoms with E-state index in [9.17, 15) is 4.79 Å². The molecule has 0 radical (unpaired) electrons. The molecule has 3 heterocycles. The van der Waals surface area contributed by atoms with E-state index in [0.29, 0.717) is 11.6 Å². The van der Waals surface area contributed by atoms with Crippen molar-refractivity contribution in [1.82, 2.24) is 19.6 Å². The summed E-state index contributed by atoms with van der Waals surface area (Å²) in [5.74, 6) is 0.728. The second-order valence-electron chi connectivity index (χ2n) is 9.71. The smallest absolute Gasteiger partial charge is 0.249 e. The monoisotopic (exact) mass is 472 g/mol. The fourth-order valence-corrected chi connectivity index (χ4v) is 4.90. The molecule has 1 aromatic heterocycles. The second kappa shape index (κ2) is 10.9. The molecule has 0 atom stereocenters. The predicted molar refractivity (Wildman–Crippen MR) is 143 cm³/mol. The van der Waals surface area contributed by atoms with Crippen molar-refractivity contribution in [1.29, 1.82) is 5.41 Å². The molecule has 0 spiro atoms. The lowest BCUT2D eigenvalue weighted by Gasteiger charge is -2.34. The van der Waals surface area contributed by atoms with Crippen molar-refractivity contribution in [2.45, 2.75) is 32.2 Å². The molecule has 184 valence electrons. The number of rotatable bonds is 4. The number of likely N-dealkylation sites (N-methyl/N-ethyl adjacent to an activating group) is 1. The van der Waals surface area contributed by atoms with Gasteiger partial charge in [0.2, 0.25) is 5.91 Å². The number of H-pyrrole nitrogens is 1. The number of carbonyl (C=O) groups excluding carboxylic acids is 1. The van der Waals surface area contributed by atoms with Crippen LogP contribution in [0, 0.1) is 11.3 Å². The van der Waals surface area contributed by atoms with Crippen LogP contribution in [-0.4, -0.2) is 64.6 Å². The standard InChI is InChI=1S/C28H36N6O/c1-20-17-25(33(4)31-14-11-26(20)27-10-9-24(29)18-30-27)19-34-15-12-22(13-16-34)21-5-7-23(8-6-21)28(35)32(2)3/h5,7,9-11,14,17-18,22,29,31H,1,6,8,12-13,15-16,19H2,2-4H3/b14-11?,25-17?,27-26+,29-24?. The van der Waals surface area contributed by atoms with E-state index in [2.05, 4.69) is 33.7 Å². The first kappa shape index (κ1) is 24.7. The highest BCUT2D eigenvalue weighted by Crippen LogP contribution is 2.32. The molecular formula is C28H36N6O. The first-order valence-corrected chi connectivity index (χ1v) is 12.3. The van der Waals surface area contributed by atoms with E-state index in [4.69, 9.17) is 5.41 Å². The Morgan fingerprint density at radius 3 is 2.63 bits per heavy atom. The lowest BCUT2D eigenvalue weighted by molar-refractivity contribution is -0.124. The maximum Gasteiger partial charge on any atom is 0.249 e. The van der Waals surface area contributed by atoms with E-state index in [0.717, 1.165) is 72.7 Å². The van der Waals surface area contributed by atoms with Gasteiger partial charge in [0, 0.05) is 50.4 Å². The highest BCUT2D eigenvalue weighted by Gasteiger charge is 2.24. The minimum Gasteiger partial charge on any atom is -0.345 e. The zero-order chi connectivity index (χ0) is 24.9. The number of carbonyl (C=O) groups is 1. The van der Waals surface area contributed by atoms with Crippen molar-refractivity contribution in [2.24, 2.45) is 18.0 Å². The molecule has 1 aromatic rings. The Morgan fingerprint density at radius 2 is 2.00 bits per heavy atom. The minimum atomic E-state index is 0.126. The molecule has 0 unspecified atom stereocenters. The maximum absolute atomic E-state index is 12.2. The number of aliphatic imine (C=N–C) groups is 1. The number of amides is 1. The molecule has 2 N–H and O–H groups in total. The summed E-state index contributed by atoms with van der Waals surface area (Å²) in [7, 11) is 5.65. The Morgan fingerprint density at radius 1 is 1.23 bits per heavy atom. The average Bonchev–Trinajstić information content (AvgIpc) is 2.86. The minimum absolute atomic E-state index is 0.126. The van der Waals surface area contributed by atoms with E-state index < -0.39 is 0 Å². The van der Waals surface area contributed by atoms with Crippen molar-refractivity contribution < 1.29 is 4.79 Å². The van der Waals surface area contributed by atoms with Crippen LogP contribution in [0.25, 0.3) is 12.3 Å². The normalized spacial score (nSPS) is 20.4. The molecular weight excluding hydrogens is 436 g/mol. The first-order valence-electron chi connectivity index (χ1n) is 12.3. The van der Waals surface area contributed by atoms with E-state index in [1.54, 1.807) is 17.2 Å². The van der Waals surface area contributed by atoms with Gasteiger partial charge in [0.25, 0.3) is 0 Å². The number of piperidine rings is 1. The summed E-state index contributed by atoms with van der Waals surface area (Å²) in [6.45, 7) is 7.25. The number of likely N-dealkylation sites (tertiary alicyclic amines) is 1. The van der Waals surface area contributed by atoms with Gasteiger partial charge in [-0.05, 0) is 74.2 Å². The third kappa shape index (κ3) is 5.98. The van der Waals surface area contributed by atoms with Crippen LogP contribution in [0.2, 0.25) is 0 Å². The number of hydrogen-bond acceptors (Lipinski definition) is 4. The Balaban J connectivity index is 1.46. The molecule has 2 aliphatic heterocycles. The number of aryl methyl sites for hydroxylation is 1. The fourth-order valence-electron chi connectivity index (χ4n) is 4.90. The van der Waals surface area contributed by atoms with Crippen molar-refractivity contribution in [3.8, 4) is 0 Å². The third-order valence-electron chi connectivity index (χ3n) is 7.04. The number of dihydropyridines is 1. The van der Waals surface area contributed by atoms with Gasteiger partial charge in [-0.15, -0.1) is 0 Å². The molecule has 35 heavy (non-hydrogen) atoms. The number of aromatic nitrogens is 2. The molecule has 1 saturated heterocycles. The Labute approximate surface area is 207 Å². The van der Waals surface area contributed by atoms with Crippen LogP contribution >= 0.6 is 0 Å². The molecule has 1 aliphatic carbocycles. The molecule has 0 bridgehead atoms. The topological polar surface area (TPSA) is 80.5 Å². The Hall–Kier alpha value is -3.45. The van der Waals surface area contributed by atoms with Crippen LogP contribution < -0.4 is 10.4 Å². The quantitative estimate of drug-likeness (QED) is 0.706. The van der Waals surface area contributed by atoms with Gasteiger partial charge < -0.3 is 10.00 Å². The van der Waals surface area contributed by atoms with Crippen LogP contribution in [0.15, 0.2) is 58.8 Å². The summed E-state index contributed by atoms with van der Waals surface area (Å²) in [4.78, 5) is 20.8. The molecule has 0 aromatic carbocycles. The van der Waals surface area contributed by atoms with E-state index in [-0.39, 0.29) is 5.91 Å². The number of aromatic amines is 1. The number of nitrogens with one attached hydrogen (secondary N) is 2.